The molecule has 0 aromatic heterocycles. The zero-order chi connectivity index (χ0) is 10.5. The zero-order valence-corrected chi connectivity index (χ0v) is 9.59. The van der Waals surface area contributed by atoms with Crippen molar-refractivity contribution in [2.24, 2.45) is 5.92 Å². The van der Waals surface area contributed by atoms with Crippen molar-refractivity contribution in [1.82, 2.24) is 5.32 Å². The quantitative estimate of drug-likeness (QED) is 0.775. The first-order valence-electron chi connectivity index (χ1n) is 6.03. The van der Waals surface area contributed by atoms with Crippen molar-refractivity contribution in [3.05, 3.63) is 35.4 Å². The number of piperidine rings is 1. The predicted molar refractivity (Wildman–Crippen MR) is 63.2 cm³/mol. The lowest BCUT2D eigenvalue weighted by Gasteiger charge is -2.13. The Bertz CT molecular complexity index is 365. The summed E-state index contributed by atoms with van der Waals surface area (Å²) in [5.74, 6) is 1.57. The Morgan fingerprint density at radius 2 is 2.00 bits per heavy atom. The summed E-state index contributed by atoms with van der Waals surface area (Å²) in [7, 11) is 0. The van der Waals surface area contributed by atoms with Crippen LogP contribution in [0.4, 0.5) is 0 Å². The van der Waals surface area contributed by atoms with Crippen molar-refractivity contribution in [2.75, 3.05) is 13.1 Å². The molecule has 1 nitrogen and oxygen atoms in total. The van der Waals surface area contributed by atoms with Gasteiger partial charge in [-0.2, -0.15) is 0 Å². The molecule has 1 N–H and O–H groups in total. The van der Waals surface area contributed by atoms with E-state index in [0.717, 1.165) is 5.92 Å². The first-order chi connectivity index (χ1) is 7.22. The molecule has 15 heavy (non-hydrogen) atoms. The molecule has 0 amide bonds. The standard InChI is InChI=1S/C14H19N/c1-10(2)11-3-5-12(6-4-11)14-7-13(14)8-15-9-14/h3-6,10,13,15H,7-9H2,1-2H3/t13-,14-/m1/s1. The topological polar surface area (TPSA) is 12.0 Å². The third-order valence-electron chi connectivity index (χ3n) is 4.22. The maximum atomic E-state index is 3.50. The van der Waals surface area contributed by atoms with E-state index in [9.17, 15) is 0 Å². The van der Waals surface area contributed by atoms with Crippen molar-refractivity contribution in [2.45, 2.75) is 31.6 Å². The summed E-state index contributed by atoms with van der Waals surface area (Å²) in [6, 6.07) is 9.32. The SMILES string of the molecule is CC(C)c1ccc([C@@]23CNC[C@H]2C3)cc1. The molecule has 2 aliphatic rings. The van der Waals surface area contributed by atoms with Gasteiger partial charge in [-0.15, -0.1) is 0 Å². The van der Waals surface area contributed by atoms with Gasteiger partial charge in [-0.25, -0.2) is 0 Å². The van der Waals surface area contributed by atoms with Crippen molar-refractivity contribution in [1.29, 1.82) is 0 Å². The molecule has 0 unspecified atom stereocenters. The Balaban J connectivity index is 1.88. The number of nitrogens with one attached hydrogen (secondary N) is 1. The molecule has 1 aliphatic carbocycles. The summed E-state index contributed by atoms with van der Waals surface area (Å²) in [6.45, 7) is 6.93. The van der Waals surface area contributed by atoms with Gasteiger partial charge in [0.15, 0.2) is 0 Å². The summed E-state index contributed by atoms with van der Waals surface area (Å²) in [5.41, 5.74) is 3.54. The summed E-state index contributed by atoms with van der Waals surface area (Å²) < 4.78 is 0. The Morgan fingerprint density at radius 1 is 1.27 bits per heavy atom. The summed E-state index contributed by atoms with van der Waals surface area (Å²) >= 11 is 0. The molecule has 1 aromatic rings. The van der Waals surface area contributed by atoms with Gasteiger partial charge in [0.1, 0.15) is 0 Å². The molecule has 2 atom stereocenters. The number of benzene rings is 1. The minimum absolute atomic E-state index is 0.523. The second-order valence-electron chi connectivity index (χ2n) is 5.46. The van der Waals surface area contributed by atoms with Gasteiger partial charge in [-0.3, -0.25) is 0 Å². The number of rotatable bonds is 2. The molecule has 1 aromatic carbocycles. The predicted octanol–water partition coefficient (Wildman–Crippen LogP) is 2.67. The highest BCUT2D eigenvalue weighted by Gasteiger charge is 2.57. The van der Waals surface area contributed by atoms with Gasteiger partial charge >= 0.3 is 0 Å². The van der Waals surface area contributed by atoms with Crippen LogP contribution in [0.15, 0.2) is 24.3 Å². The van der Waals surface area contributed by atoms with Gasteiger partial charge in [0.2, 0.25) is 0 Å². The number of hydrogen-bond acceptors (Lipinski definition) is 1. The molecule has 2 fully saturated rings. The highest BCUT2D eigenvalue weighted by Crippen LogP contribution is 2.56. The van der Waals surface area contributed by atoms with Gasteiger partial charge in [0.05, 0.1) is 0 Å². The molecule has 0 bridgehead atoms. The molecule has 1 saturated heterocycles. The van der Waals surface area contributed by atoms with E-state index in [0.29, 0.717) is 11.3 Å². The summed E-state index contributed by atoms with van der Waals surface area (Å²) in [4.78, 5) is 0. The van der Waals surface area contributed by atoms with Crippen molar-refractivity contribution < 1.29 is 0 Å². The van der Waals surface area contributed by atoms with E-state index in [-0.39, 0.29) is 0 Å². The van der Waals surface area contributed by atoms with Gasteiger partial charge in [-0.05, 0) is 35.9 Å². The Hall–Kier alpha value is -0.820. The smallest absolute Gasteiger partial charge is 0.0122 e. The monoisotopic (exact) mass is 201 g/mol. The highest BCUT2D eigenvalue weighted by molar-refractivity contribution is 5.38. The van der Waals surface area contributed by atoms with E-state index in [1.165, 1.54) is 25.1 Å². The second-order valence-corrected chi connectivity index (χ2v) is 5.46. The maximum absolute atomic E-state index is 3.50. The Kier molecular flexibility index (Phi) is 1.93. The molecule has 3 rings (SSSR count). The van der Waals surface area contributed by atoms with Crippen LogP contribution in [0.1, 0.15) is 37.3 Å². The van der Waals surface area contributed by atoms with Gasteiger partial charge in [-0.1, -0.05) is 38.1 Å². The van der Waals surface area contributed by atoms with Gasteiger partial charge < -0.3 is 5.32 Å². The number of fused-ring (bicyclic) bond motifs is 1. The summed E-state index contributed by atoms with van der Waals surface area (Å²) in [5, 5.41) is 3.50. The molecule has 1 saturated carbocycles. The van der Waals surface area contributed by atoms with Crippen LogP contribution in [0.5, 0.6) is 0 Å². The average molecular weight is 201 g/mol. The van der Waals surface area contributed by atoms with Crippen LogP contribution in [0, 0.1) is 5.92 Å². The molecule has 1 aliphatic heterocycles. The average Bonchev–Trinajstić information content (AvgIpc) is 2.82. The highest BCUT2D eigenvalue weighted by atomic mass is 15.0. The lowest BCUT2D eigenvalue weighted by molar-refractivity contribution is 0.675. The van der Waals surface area contributed by atoms with Crippen LogP contribution in [-0.2, 0) is 5.41 Å². The molecular formula is C14H19N. The second kappa shape index (κ2) is 3.08. The Labute approximate surface area is 91.9 Å². The fourth-order valence-electron chi connectivity index (χ4n) is 2.99. The van der Waals surface area contributed by atoms with Gasteiger partial charge in [0.25, 0.3) is 0 Å². The van der Waals surface area contributed by atoms with Crippen LogP contribution in [0.25, 0.3) is 0 Å². The molecule has 1 heteroatoms. The fourth-order valence-corrected chi connectivity index (χ4v) is 2.99. The molecular weight excluding hydrogens is 182 g/mol. The first kappa shape index (κ1) is 9.41. The fraction of sp³-hybridized carbons (Fsp3) is 0.571. The number of hydrogen-bond donors (Lipinski definition) is 1. The first-order valence-corrected chi connectivity index (χ1v) is 6.03. The minimum Gasteiger partial charge on any atom is -0.316 e. The van der Waals surface area contributed by atoms with Crippen LogP contribution in [0.2, 0.25) is 0 Å². The van der Waals surface area contributed by atoms with Gasteiger partial charge in [0, 0.05) is 12.0 Å². The van der Waals surface area contributed by atoms with Crippen LogP contribution < -0.4 is 5.32 Å². The molecule has 1 heterocycles. The van der Waals surface area contributed by atoms with E-state index in [1.807, 2.05) is 0 Å². The van der Waals surface area contributed by atoms with Crippen LogP contribution in [0.3, 0.4) is 0 Å². The largest absolute Gasteiger partial charge is 0.316 e. The molecule has 0 radical (unpaired) electrons. The lowest BCUT2D eigenvalue weighted by atomic mass is 9.92. The third kappa shape index (κ3) is 1.33. The van der Waals surface area contributed by atoms with Crippen LogP contribution >= 0.6 is 0 Å². The molecule has 80 valence electrons. The normalized spacial score (nSPS) is 33.1. The zero-order valence-electron chi connectivity index (χ0n) is 9.59. The lowest BCUT2D eigenvalue weighted by Crippen LogP contribution is -2.19. The van der Waals surface area contributed by atoms with Crippen molar-refractivity contribution in [3.63, 3.8) is 0 Å². The maximum Gasteiger partial charge on any atom is 0.0122 e. The molecule has 0 spiro atoms. The van der Waals surface area contributed by atoms with E-state index in [1.54, 1.807) is 5.56 Å². The third-order valence-corrected chi connectivity index (χ3v) is 4.22. The minimum atomic E-state index is 0.523. The van der Waals surface area contributed by atoms with E-state index >= 15 is 0 Å². The summed E-state index contributed by atoms with van der Waals surface area (Å²) in [6.07, 6.45) is 1.40. The van der Waals surface area contributed by atoms with E-state index in [4.69, 9.17) is 0 Å². The van der Waals surface area contributed by atoms with Crippen LogP contribution in [-0.4, -0.2) is 13.1 Å². The Morgan fingerprint density at radius 3 is 2.47 bits per heavy atom. The van der Waals surface area contributed by atoms with Crippen molar-refractivity contribution >= 4 is 0 Å². The van der Waals surface area contributed by atoms with Crippen molar-refractivity contribution in [3.8, 4) is 0 Å². The van der Waals surface area contributed by atoms with E-state index in [2.05, 4.69) is 43.4 Å². The van der Waals surface area contributed by atoms with E-state index < -0.39 is 0 Å².